The Morgan fingerprint density at radius 3 is 0.216 bits per heavy atom. The average molecular weight is 1060 g/mol. The molecule has 0 aliphatic carbocycles. The highest BCUT2D eigenvalue weighted by atomic mass is 16.5. The van der Waals surface area contributed by atoms with Gasteiger partial charge in [-0.25, -0.2) is 0 Å². The maximum Gasteiger partial charge on any atom is 0.0858 e. The number of methoxy groups -OCH3 is 4. The molecular weight excluding hydrogens is 905 g/mol. The Bertz CT molecular complexity index is 876. The van der Waals surface area contributed by atoms with Crippen molar-refractivity contribution in [3.63, 3.8) is 0 Å². The van der Waals surface area contributed by atoms with Crippen molar-refractivity contribution in [3.05, 3.63) is 0 Å². The lowest BCUT2D eigenvalue weighted by molar-refractivity contribution is -0.0776. The smallest absolute Gasteiger partial charge is 0.0858 e. The molecule has 0 saturated carbocycles. The average Bonchev–Trinajstić information content (AvgIpc) is 3.29. The van der Waals surface area contributed by atoms with Gasteiger partial charge in [0.2, 0.25) is 0 Å². The summed E-state index contributed by atoms with van der Waals surface area (Å²) in [5.74, 6) is 18.9. The van der Waals surface area contributed by atoms with E-state index in [9.17, 15) is 0 Å². The molecule has 0 aliphatic rings. The largest absolute Gasteiger partial charge is 0.378 e. The van der Waals surface area contributed by atoms with Gasteiger partial charge in [0.25, 0.3) is 0 Å². The molecule has 0 aromatic heterocycles. The quantitative estimate of drug-likeness (QED) is 0.0913. The molecule has 0 radical (unpaired) electrons. The Morgan fingerprint density at radius 2 is 0.189 bits per heavy atom. The van der Waals surface area contributed by atoms with Gasteiger partial charge in [0.05, 0.1) is 24.4 Å². The second kappa shape index (κ2) is 48.7. The zero-order valence-electron chi connectivity index (χ0n) is 59.8. The van der Waals surface area contributed by atoms with Crippen molar-refractivity contribution in [3.8, 4) is 0 Å². The normalized spacial score (nSPS) is 17.7. The molecule has 0 aliphatic heterocycles. The second-order valence-corrected chi connectivity index (χ2v) is 28.8. The fraction of sp³-hybridized carbons (Fsp3) is 1.00. The second-order valence-electron chi connectivity index (χ2n) is 28.8. The Kier molecular flexibility index (Phi) is 57.7. The Morgan fingerprint density at radius 1 is 0.122 bits per heavy atom. The summed E-state index contributed by atoms with van der Waals surface area (Å²) < 4.78 is 21.6. The van der Waals surface area contributed by atoms with Gasteiger partial charge in [-0.2, -0.15) is 0 Å². The lowest BCUT2D eigenvalue weighted by Crippen LogP contribution is -2.38. The first-order chi connectivity index (χ1) is 33.4. The fourth-order valence-electron chi connectivity index (χ4n) is 9.21. The van der Waals surface area contributed by atoms with Crippen molar-refractivity contribution in [2.75, 3.05) is 28.4 Å². The van der Waals surface area contributed by atoms with Crippen molar-refractivity contribution < 1.29 is 18.9 Å². The van der Waals surface area contributed by atoms with Crippen LogP contribution in [0.4, 0.5) is 0 Å². The highest BCUT2D eigenvalue weighted by Gasteiger charge is 2.28. The van der Waals surface area contributed by atoms with Crippen LogP contribution in [0.25, 0.3) is 0 Å². The topological polar surface area (TPSA) is 36.9 Å². The zero-order valence-corrected chi connectivity index (χ0v) is 59.8. The van der Waals surface area contributed by atoms with Crippen molar-refractivity contribution >= 4 is 0 Å². The van der Waals surface area contributed by atoms with Gasteiger partial charge in [0, 0.05) is 28.4 Å². The molecule has 4 nitrogen and oxygen atoms in total. The molecule has 0 heterocycles. The molecule has 4 heteroatoms. The van der Waals surface area contributed by atoms with E-state index in [1.807, 2.05) is 0 Å². The van der Waals surface area contributed by atoms with Crippen molar-refractivity contribution in [1.29, 1.82) is 0 Å². The van der Waals surface area contributed by atoms with E-state index >= 15 is 0 Å². The molecular formula is C70H154O4. The first kappa shape index (κ1) is 87.7. The fourth-order valence-corrected chi connectivity index (χ4v) is 9.21. The van der Waals surface area contributed by atoms with E-state index in [-0.39, 0.29) is 24.4 Å². The third-order valence-electron chi connectivity index (χ3n) is 19.0. The molecule has 0 spiro atoms. The molecule has 0 unspecified atom stereocenters. The van der Waals surface area contributed by atoms with E-state index in [0.29, 0.717) is 23.7 Å². The molecule has 458 valence electrons. The SMILES string of the molecule is CC(C)[C@@H](C)[C@H](C)C(C)C.CC(C)[C@@H](C)[C@H](C)C(C)C.CC(C)[C@@H](C)[C@H](C)C(C)C.CC(C)[C@@H](C)[C@H](C)C(C)C.CC(C)[C@@H](C)[C@H](C)C(C)C.CO[C@H](C(C)C)[C@H](OC)C(C)C.CO[C@H](C(C)C)[C@H](OC)C(C)C. The third-order valence-corrected chi connectivity index (χ3v) is 19.0. The van der Waals surface area contributed by atoms with E-state index in [0.717, 1.165) is 118 Å². The van der Waals surface area contributed by atoms with E-state index < -0.39 is 0 Å². The van der Waals surface area contributed by atoms with Crippen LogP contribution in [-0.2, 0) is 18.9 Å². The highest BCUT2D eigenvalue weighted by molar-refractivity contribution is 4.77. The van der Waals surface area contributed by atoms with Crippen LogP contribution in [0.5, 0.6) is 0 Å². The number of rotatable bonds is 25. The number of ether oxygens (including phenoxy) is 4. The van der Waals surface area contributed by atoms with Crippen LogP contribution in [0.3, 0.4) is 0 Å². The zero-order chi connectivity index (χ0) is 61.0. The van der Waals surface area contributed by atoms with Crippen LogP contribution < -0.4 is 0 Å². The van der Waals surface area contributed by atoms with Gasteiger partial charge in [0.15, 0.2) is 0 Å². The van der Waals surface area contributed by atoms with Gasteiger partial charge in [0.1, 0.15) is 0 Å². The highest BCUT2D eigenvalue weighted by Crippen LogP contribution is 2.30. The first-order valence-electron chi connectivity index (χ1n) is 31.5. The molecule has 0 bridgehead atoms. The monoisotopic (exact) mass is 1060 g/mol. The predicted molar refractivity (Wildman–Crippen MR) is 343 cm³/mol. The van der Waals surface area contributed by atoms with Crippen molar-refractivity contribution in [2.24, 2.45) is 142 Å². The molecule has 0 amide bonds. The Labute approximate surface area is 474 Å². The predicted octanol–water partition coefficient (Wildman–Crippen LogP) is 22.5. The van der Waals surface area contributed by atoms with Crippen LogP contribution in [0, 0.1) is 142 Å². The minimum Gasteiger partial charge on any atom is -0.378 e. The summed E-state index contributed by atoms with van der Waals surface area (Å²) in [5, 5.41) is 0. The van der Waals surface area contributed by atoms with Crippen LogP contribution in [-0.4, -0.2) is 52.9 Å². The van der Waals surface area contributed by atoms with Crippen LogP contribution in [0.15, 0.2) is 0 Å². The molecule has 0 saturated heterocycles. The lowest BCUT2D eigenvalue weighted by Gasteiger charge is -2.30. The lowest BCUT2D eigenvalue weighted by atomic mass is 9.80. The van der Waals surface area contributed by atoms with Crippen molar-refractivity contribution in [1.82, 2.24) is 0 Å². The van der Waals surface area contributed by atoms with E-state index in [1.54, 1.807) is 28.4 Å². The first-order valence-corrected chi connectivity index (χ1v) is 31.5. The van der Waals surface area contributed by atoms with Gasteiger partial charge in [-0.15, -0.1) is 0 Å². The summed E-state index contributed by atoms with van der Waals surface area (Å²) in [6.45, 7) is 87.0. The summed E-state index contributed by atoms with van der Waals surface area (Å²) in [5.41, 5.74) is 0. The molecule has 0 N–H and O–H groups in total. The maximum absolute atomic E-state index is 5.40. The van der Waals surface area contributed by atoms with Gasteiger partial charge in [-0.1, -0.05) is 263 Å². The minimum absolute atomic E-state index is 0.204. The Hall–Kier alpha value is -0.160. The molecule has 0 aromatic carbocycles. The number of hydrogen-bond acceptors (Lipinski definition) is 4. The van der Waals surface area contributed by atoms with E-state index in [4.69, 9.17) is 18.9 Å². The summed E-state index contributed by atoms with van der Waals surface area (Å²) in [6, 6.07) is 0. The molecule has 14 atom stereocenters. The summed E-state index contributed by atoms with van der Waals surface area (Å²) >= 11 is 0. The van der Waals surface area contributed by atoms with Gasteiger partial charge in [-0.3, -0.25) is 0 Å². The molecule has 0 fully saturated rings. The minimum atomic E-state index is 0.204. The van der Waals surface area contributed by atoms with Crippen LogP contribution in [0.1, 0.15) is 263 Å². The number of hydrogen-bond donors (Lipinski definition) is 0. The van der Waals surface area contributed by atoms with E-state index in [1.165, 1.54) is 0 Å². The van der Waals surface area contributed by atoms with Crippen molar-refractivity contribution in [2.45, 2.75) is 288 Å². The summed E-state index contributed by atoms with van der Waals surface area (Å²) in [4.78, 5) is 0. The Balaban J connectivity index is -0.000000142. The van der Waals surface area contributed by atoms with E-state index in [2.05, 4.69) is 263 Å². The van der Waals surface area contributed by atoms with Gasteiger partial charge in [-0.05, 0) is 142 Å². The molecule has 0 rings (SSSR count). The molecule has 0 aromatic rings. The summed E-state index contributed by atoms with van der Waals surface area (Å²) in [7, 11) is 7.00. The summed E-state index contributed by atoms with van der Waals surface area (Å²) in [6.07, 6.45) is 0.815. The van der Waals surface area contributed by atoms with Gasteiger partial charge < -0.3 is 18.9 Å². The third kappa shape index (κ3) is 42.7. The maximum atomic E-state index is 5.40. The van der Waals surface area contributed by atoms with Crippen LogP contribution in [0.2, 0.25) is 0 Å². The van der Waals surface area contributed by atoms with Gasteiger partial charge >= 0.3 is 0 Å². The standard InChI is InChI=1S/2C10H22O2.5C10H22/c2*1-7(2)9(11-5)10(12-6)8(3)4;5*1-7(2)9(5)10(6)8(3)4/h2*7-10H,1-6H3;5*7-10H,1-6H3/t7*9-,10-/m1111111/s1. The molecule has 74 heavy (non-hydrogen) atoms. The van der Waals surface area contributed by atoms with Crippen LogP contribution >= 0.6 is 0 Å².